The fourth-order valence-corrected chi connectivity index (χ4v) is 5.18. The topological polar surface area (TPSA) is 79.6 Å². The van der Waals surface area contributed by atoms with E-state index in [0.29, 0.717) is 19.6 Å². The number of halogens is 3. The molecule has 1 N–H and O–H groups in total. The highest BCUT2D eigenvalue weighted by molar-refractivity contribution is 8.00. The predicted octanol–water partition coefficient (Wildman–Crippen LogP) is 3.30. The molecule has 10 heteroatoms. The minimum atomic E-state index is -4.49. The van der Waals surface area contributed by atoms with E-state index in [1.165, 1.54) is 12.1 Å². The zero-order valence-corrected chi connectivity index (χ0v) is 17.8. The van der Waals surface area contributed by atoms with Crippen molar-refractivity contribution >= 4 is 23.6 Å². The van der Waals surface area contributed by atoms with E-state index in [4.69, 9.17) is 5.11 Å². The second-order valence-electron chi connectivity index (χ2n) is 8.15. The van der Waals surface area contributed by atoms with Gasteiger partial charge < -0.3 is 14.6 Å². The molecule has 2 aromatic rings. The van der Waals surface area contributed by atoms with Gasteiger partial charge in [0, 0.05) is 36.8 Å². The molecule has 1 fully saturated rings. The molecule has 2 aliphatic heterocycles. The van der Waals surface area contributed by atoms with Gasteiger partial charge in [-0.05, 0) is 42.2 Å². The third-order valence-electron chi connectivity index (χ3n) is 5.91. The standard InChI is InChI=1S/C22H21F3N2O4S/c23-22(24,25)16-3-1-2-14(7-16)17-4-5-18-15-6-13(9-27(18)21(17)31)8-26(10-15)19(28)11-32-12-20(29)30/h1-5,7,13,15H,6,8-12H2,(H,29,30)/t13-,15+/m0/s1. The molecule has 2 aliphatic rings. The predicted molar refractivity (Wildman–Crippen MR) is 114 cm³/mol. The molecule has 1 aromatic carbocycles. The van der Waals surface area contributed by atoms with Gasteiger partial charge in [-0.1, -0.05) is 12.1 Å². The minimum absolute atomic E-state index is 0.0424. The molecule has 0 unspecified atom stereocenters. The van der Waals surface area contributed by atoms with Gasteiger partial charge in [0.25, 0.3) is 5.56 Å². The summed E-state index contributed by atoms with van der Waals surface area (Å²) in [6.07, 6.45) is -3.66. The average molecular weight is 466 g/mol. The largest absolute Gasteiger partial charge is 0.481 e. The number of carbonyl (C=O) groups is 2. The van der Waals surface area contributed by atoms with E-state index in [9.17, 15) is 27.6 Å². The Labute approximate surface area is 186 Å². The number of rotatable bonds is 5. The molecule has 1 saturated heterocycles. The Balaban J connectivity index is 1.57. The summed E-state index contributed by atoms with van der Waals surface area (Å²) in [6.45, 7) is 1.30. The van der Waals surface area contributed by atoms with Gasteiger partial charge in [-0.3, -0.25) is 14.4 Å². The highest BCUT2D eigenvalue weighted by Crippen LogP contribution is 2.36. The Bertz CT molecular complexity index is 1120. The van der Waals surface area contributed by atoms with Crippen molar-refractivity contribution in [2.45, 2.75) is 25.1 Å². The number of hydrogen-bond donors (Lipinski definition) is 1. The van der Waals surface area contributed by atoms with Crippen LogP contribution in [-0.4, -0.2) is 51.0 Å². The first-order chi connectivity index (χ1) is 15.1. The van der Waals surface area contributed by atoms with Crippen molar-refractivity contribution < 1.29 is 27.9 Å². The lowest BCUT2D eigenvalue weighted by Crippen LogP contribution is -2.49. The van der Waals surface area contributed by atoms with Crippen molar-refractivity contribution in [1.29, 1.82) is 0 Å². The molecule has 1 amide bonds. The summed E-state index contributed by atoms with van der Waals surface area (Å²) in [7, 11) is 0. The molecule has 0 spiro atoms. The third kappa shape index (κ3) is 4.55. The number of fused-ring (bicyclic) bond motifs is 4. The van der Waals surface area contributed by atoms with Crippen molar-refractivity contribution in [2.75, 3.05) is 24.6 Å². The van der Waals surface area contributed by atoms with Gasteiger partial charge in [0.15, 0.2) is 0 Å². The number of nitrogens with zero attached hydrogens (tertiary/aromatic N) is 2. The maximum absolute atomic E-state index is 13.2. The number of alkyl halides is 3. The van der Waals surface area contributed by atoms with Crippen LogP contribution in [0.15, 0.2) is 41.2 Å². The van der Waals surface area contributed by atoms with E-state index in [1.807, 2.05) is 0 Å². The van der Waals surface area contributed by atoms with Crippen LogP contribution in [0.3, 0.4) is 0 Å². The highest BCUT2D eigenvalue weighted by Gasteiger charge is 2.37. The Hall–Kier alpha value is -2.75. The highest BCUT2D eigenvalue weighted by atomic mass is 32.2. The number of aromatic nitrogens is 1. The van der Waals surface area contributed by atoms with Crippen molar-refractivity contribution in [2.24, 2.45) is 5.92 Å². The quantitative estimate of drug-likeness (QED) is 0.732. The molecule has 2 bridgehead atoms. The lowest BCUT2D eigenvalue weighted by molar-refractivity contribution is -0.137. The smallest absolute Gasteiger partial charge is 0.416 e. The zero-order valence-electron chi connectivity index (χ0n) is 17.0. The summed E-state index contributed by atoms with van der Waals surface area (Å²) in [4.78, 5) is 38.0. The van der Waals surface area contributed by atoms with Gasteiger partial charge >= 0.3 is 12.1 Å². The second-order valence-corrected chi connectivity index (χ2v) is 9.14. The van der Waals surface area contributed by atoms with Crippen molar-refractivity contribution in [3.05, 3.63) is 58.0 Å². The summed E-state index contributed by atoms with van der Waals surface area (Å²) >= 11 is 1.06. The number of carbonyl (C=O) groups excluding carboxylic acids is 1. The van der Waals surface area contributed by atoms with Crippen LogP contribution < -0.4 is 5.56 Å². The lowest BCUT2D eigenvalue weighted by Gasteiger charge is -2.43. The van der Waals surface area contributed by atoms with E-state index in [2.05, 4.69) is 0 Å². The number of carboxylic acid groups (broad SMARTS) is 1. The average Bonchev–Trinajstić information content (AvgIpc) is 2.73. The normalized spacial score (nSPS) is 20.0. The van der Waals surface area contributed by atoms with Gasteiger partial charge in [0.05, 0.1) is 17.1 Å². The van der Waals surface area contributed by atoms with Crippen molar-refractivity contribution in [3.8, 4) is 11.1 Å². The molecule has 170 valence electrons. The van der Waals surface area contributed by atoms with Crippen LogP contribution in [0.5, 0.6) is 0 Å². The molecule has 6 nitrogen and oxygen atoms in total. The van der Waals surface area contributed by atoms with Crippen molar-refractivity contribution in [3.63, 3.8) is 0 Å². The SMILES string of the molecule is O=C(O)CSCC(=O)N1C[C@@H]2C[C@H](C1)c1ccc(-c3cccc(C(F)(F)F)c3)c(=O)n1C2. The number of pyridine rings is 1. The Morgan fingerprint density at radius 3 is 2.59 bits per heavy atom. The van der Waals surface area contributed by atoms with Crippen LogP contribution in [0.2, 0.25) is 0 Å². The number of aliphatic carboxylic acids is 1. The molecule has 3 heterocycles. The fraction of sp³-hybridized carbons (Fsp3) is 0.409. The summed E-state index contributed by atoms with van der Waals surface area (Å²) in [5, 5.41) is 8.73. The third-order valence-corrected chi connectivity index (χ3v) is 6.81. The van der Waals surface area contributed by atoms with E-state index < -0.39 is 17.7 Å². The first-order valence-electron chi connectivity index (χ1n) is 10.1. The summed E-state index contributed by atoms with van der Waals surface area (Å²) in [5.74, 6) is -1.12. The Morgan fingerprint density at radius 2 is 1.88 bits per heavy atom. The maximum atomic E-state index is 13.2. The molecule has 0 radical (unpaired) electrons. The van der Waals surface area contributed by atoms with Gasteiger partial charge in [0.1, 0.15) is 0 Å². The van der Waals surface area contributed by atoms with Gasteiger partial charge in [-0.25, -0.2) is 0 Å². The number of hydrogen-bond acceptors (Lipinski definition) is 4. The number of amides is 1. The Kier molecular flexibility index (Phi) is 6.07. The molecular formula is C22H21F3N2O4S. The number of likely N-dealkylation sites (tertiary alicyclic amines) is 1. The van der Waals surface area contributed by atoms with Gasteiger partial charge in [-0.2, -0.15) is 13.2 Å². The maximum Gasteiger partial charge on any atom is 0.416 e. The summed E-state index contributed by atoms with van der Waals surface area (Å²) in [6, 6.07) is 8.09. The molecule has 0 aliphatic carbocycles. The van der Waals surface area contributed by atoms with Crippen LogP contribution in [0.4, 0.5) is 13.2 Å². The van der Waals surface area contributed by atoms with Crippen LogP contribution >= 0.6 is 11.8 Å². The molecule has 4 rings (SSSR count). The number of carboxylic acids is 1. The van der Waals surface area contributed by atoms with E-state index in [0.717, 1.165) is 36.0 Å². The molecular weight excluding hydrogens is 445 g/mol. The van der Waals surface area contributed by atoms with Crippen LogP contribution in [0.1, 0.15) is 23.6 Å². The first-order valence-corrected chi connectivity index (χ1v) is 11.3. The van der Waals surface area contributed by atoms with Crippen LogP contribution in [-0.2, 0) is 22.3 Å². The molecule has 1 aromatic heterocycles. The van der Waals surface area contributed by atoms with E-state index in [-0.39, 0.29) is 45.9 Å². The fourth-order valence-electron chi connectivity index (χ4n) is 4.55. The number of benzene rings is 1. The summed E-state index contributed by atoms with van der Waals surface area (Å²) < 4.78 is 40.9. The monoisotopic (exact) mass is 466 g/mol. The second kappa shape index (κ2) is 8.65. The number of thioether (sulfide) groups is 1. The van der Waals surface area contributed by atoms with Gasteiger partial charge in [-0.15, -0.1) is 11.8 Å². The van der Waals surface area contributed by atoms with Crippen LogP contribution in [0.25, 0.3) is 11.1 Å². The molecule has 0 saturated carbocycles. The number of piperidine rings is 1. The molecule has 32 heavy (non-hydrogen) atoms. The van der Waals surface area contributed by atoms with Gasteiger partial charge in [0.2, 0.25) is 5.91 Å². The Morgan fingerprint density at radius 1 is 1.09 bits per heavy atom. The van der Waals surface area contributed by atoms with Crippen molar-refractivity contribution in [1.82, 2.24) is 9.47 Å². The lowest BCUT2D eigenvalue weighted by atomic mass is 9.82. The zero-order chi connectivity index (χ0) is 23.0. The molecule has 2 atom stereocenters. The first kappa shape index (κ1) is 22.4. The summed E-state index contributed by atoms with van der Waals surface area (Å²) in [5.41, 5.74) is 0.0934. The minimum Gasteiger partial charge on any atom is -0.481 e. The van der Waals surface area contributed by atoms with E-state index in [1.54, 1.807) is 21.6 Å². The van der Waals surface area contributed by atoms with Crippen LogP contribution in [0, 0.1) is 5.92 Å². The van der Waals surface area contributed by atoms with E-state index >= 15 is 0 Å².